The number of amides is 2. The van der Waals surface area contributed by atoms with Gasteiger partial charge in [-0.15, -0.1) is 0 Å². The smallest absolute Gasteiger partial charge is 0.273 e. The zero-order chi connectivity index (χ0) is 20.2. The fourth-order valence-corrected chi connectivity index (χ4v) is 3.66. The Morgan fingerprint density at radius 1 is 1.14 bits per heavy atom. The molecular formula is C19H26N6O4. The van der Waals surface area contributed by atoms with Gasteiger partial charge in [0.2, 0.25) is 5.91 Å². The Morgan fingerprint density at radius 3 is 2.66 bits per heavy atom. The van der Waals surface area contributed by atoms with Crippen molar-refractivity contribution in [3.05, 3.63) is 18.0 Å². The van der Waals surface area contributed by atoms with E-state index in [2.05, 4.69) is 26.3 Å². The van der Waals surface area contributed by atoms with Gasteiger partial charge in [0, 0.05) is 38.6 Å². The van der Waals surface area contributed by atoms with Crippen LogP contribution < -0.4 is 16.2 Å². The van der Waals surface area contributed by atoms with Gasteiger partial charge in [-0.25, -0.2) is 9.67 Å². The Balaban J connectivity index is 1.57. The minimum atomic E-state index is -0.425. The van der Waals surface area contributed by atoms with Gasteiger partial charge >= 0.3 is 0 Å². The second-order valence-electron chi connectivity index (χ2n) is 7.28. The first kappa shape index (κ1) is 19.6. The molecule has 2 amide bonds. The number of nitrogens with one attached hydrogen (secondary N) is 3. The molecule has 0 aromatic carbocycles. The van der Waals surface area contributed by atoms with Crippen molar-refractivity contribution in [1.29, 1.82) is 0 Å². The summed E-state index contributed by atoms with van der Waals surface area (Å²) in [5.41, 5.74) is 6.77. The van der Waals surface area contributed by atoms with Crippen LogP contribution in [0.5, 0.6) is 0 Å². The van der Waals surface area contributed by atoms with E-state index in [9.17, 15) is 9.59 Å². The van der Waals surface area contributed by atoms with Crippen molar-refractivity contribution in [2.75, 3.05) is 31.7 Å². The van der Waals surface area contributed by atoms with Crippen LogP contribution in [-0.2, 0) is 20.8 Å². The van der Waals surface area contributed by atoms with E-state index in [1.54, 1.807) is 10.9 Å². The van der Waals surface area contributed by atoms with Crippen LogP contribution in [0.1, 0.15) is 36.5 Å². The Labute approximate surface area is 168 Å². The Kier molecular flexibility index (Phi) is 5.91. The topological polar surface area (TPSA) is 119 Å². The zero-order valence-corrected chi connectivity index (χ0v) is 16.4. The highest BCUT2D eigenvalue weighted by Crippen LogP contribution is 2.28. The van der Waals surface area contributed by atoms with Gasteiger partial charge in [0.15, 0.2) is 5.65 Å². The van der Waals surface area contributed by atoms with E-state index in [1.165, 1.54) is 6.20 Å². The molecule has 29 heavy (non-hydrogen) atoms. The maximum Gasteiger partial charge on any atom is 0.273 e. The second-order valence-corrected chi connectivity index (χ2v) is 7.28. The van der Waals surface area contributed by atoms with Crippen molar-refractivity contribution in [3.8, 4) is 0 Å². The Morgan fingerprint density at radius 2 is 1.93 bits per heavy atom. The summed E-state index contributed by atoms with van der Waals surface area (Å²) < 4.78 is 12.4. The van der Waals surface area contributed by atoms with Crippen LogP contribution in [0.15, 0.2) is 12.4 Å². The number of hydrazine groups is 1. The summed E-state index contributed by atoms with van der Waals surface area (Å²) in [6.45, 7) is 4.97. The van der Waals surface area contributed by atoms with Crippen LogP contribution in [0, 0.1) is 5.92 Å². The fraction of sp³-hybridized carbons (Fsp3) is 0.579. The van der Waals surface area contributed by atoms with Crippen molar-refractivity contribution < 1.29 is 19.1 Å². The molecule has 3 N–H and O–H groups in total. The second kappa shape index (κ2) is 8.75. The van der Waals surface area contributed by atoms with Gasteiger partial charge in [-0.3, -0.25) is 20.4 Å². The van der Waals surface area contributed by atoms with Crippen LogP contribution >= 0.6 is 0 Å². The van der Waals surface area contributed by atoms with Gasteiger partial charge in [0.25, 0.3) is 5.91 Å². The first-order valence-electron chi connectivity index (χ1n) is 10.0. The first-order valence-corrected chi connectivity index (χ1v) is 10.0. The maximum atomic E-state index is 12.9. The van der Waals surface area contributed by atoms with E-state index >= 15 is 0 Å². The third-order valence-corrected chi connectivity index (χ3v) is 5.38. The lowest BCUT2D eigenvalue weighted by molar-refractivity contribution is -0.125. The van der Waals surface area contributed by atoms with Crippen LogP contribution in [0.3, 0.4) is 0 Å². The molecule has 2 saturated heterocycles. The zero-order valence-electron chi connectivity index (χ0n) is 16.4. The molecule has 2 aromatic rings. The molecule has 1 unspecified atom stereocenters. The number of hydrogen-bond acceptors (Lipinski definition) is 7. The quantitative estimate of drug-likeness (QED) is 0.634. The van der Waals surface area contributed by atoms with Crippen molar-refractivity contribution in [2.24, 2.45) is 5.92 Å². The van der Waals surface area contributed by atoms with Gasteiger partial charge in [0.05, 0.1) is 35.4 Å². The number of anilines is 1. The predicted molar refractivity (Wildman–Crippen MR) is 105 cm³/mol. The largest absolute Gasteiger partial charge is 0.381 e. The third kappa shape index (κ3) is 4.18. The fourth-order valence-electron chi connectivity index (χ4n) is 3.66. The monoisotopic (exact) mass is 402 g/mol. The van der Waals surface area contributed by atoms with Gasteiger partial charge in [-0.1, -0.05) is 0 Å². The Hall–Kier alpha value is -2.72. The summed E-state index contributed by atoms with van der Waals surface area (Å²) in [7, 11) is 0. The van der Waals surface area contributed by atoms with Crippen LogP contribution in [0.25, 0.3) is 11.0 Å². The standard InChI is InChI=1S/C19H26N6O4/c1-2-25-17-14(10-21-25)16(22-13-4-7-28-8-5-13)15(9-20-17)19(27)24-23-18(26)12-3-6-29-11-12/h9-10,12-13H,2-8,11H2,1H3,(H,20,22)(H,23,26)(H,24,27). The highest BCUT2D eigenvalue weighted by atomic mass is 16.5. The van der Waals surface area contributed by atoms with E-state index in [4.69, 9.17) is 9.47 Å². The average Bonchev–Trinajstić information content (AvgIpc) is 3.42. The third-order valence-electron chi connectivity index (χ3n) is 5.38. The molecule has 156 valence electrons. The minimum Gasteiger partial charge on any atom is -0.381 e. The molecule has 2 aliphatic heterocycles. The van der Waals surface area contributed by atoms with Crippen molar-refractivity contribution in [2.45, 2.75) is 38.8 Å². The van der Waals surface area contributed by atoms with Crippen LogP contribution in [-0.4, -0.2) is 59.0 Å². The van der Waals surface area contributed by atoms with E-state index in [-0.39, 0.29) is 17.9 Å². The lowest BCUT2D eigenvalue weighted by Gasteiger charge is -2.25. The summed E-state index contributed by atoms with van der Waals surface area (Å²) in [5.74, 6) is -0.911. The number of carbonyl (C=O) groups is 2. The normalized spacial score (nSPS) is 20.0. The summed E-state index contributed by atoms with van der Waals surface area (Å²) >= 11 is 0. The van der Waals surface area contributed by atoms with Gasteiger partial charge in [0.1, 0.15) is 0 Å². The SMILES string of the molecule is CCn1ncc2c(NC3CCOCC3)c(C(=O)NNC(=O)C3CCOC3)cnc21. The molecule has 2 aliphatic rings. The predicted octanol–water partition coefficient (Wildman–Crippen LogP) is 0.840. The molecule has 4 rings (SSSR count). The lowest BCUT2D eigenvalue weighted by atomic mass is 10.1. The number of aryl methyl sites for hydroxylation is 1. The van der Waals surface area contributed by atoms with Crippen molar-refractivity contribution >= 4 is 28.5 Å². The highest BCUT2D eigenvalue weighted by Gasteiger charge is 2.25. The molecule has 1 atom stereocenters. The highest BCUT2D eigenvalue weighted by molar-refractivity contribution is 6.06. The molecule has 0 radical (unpaired) electrons. The molecule has 2 fully saturated rings. The average molecular weight is 402 g/mol. The molecule has 2 aromatic heterocycles. The number of hydrogen-bond donors (Lipinski definition) is 3. The molecule has 4 heterocycles. The number of aromatic nitrogens is 3. The number of pyridine rings is 1. The van der Waals surface area contributed by atoms with E-state index in [0.717, 1.165) is 18.2 Å². The number of rotatable bonds is 5. The van der Waals surface area contributed by atoms with Gasteiger partial charge in [-0.05, 0) is 26.2 Å². The van der Waals surface area contributed by atoms with Crippen molar-refractivity contribution in [3.63, 3.8) is 0 Å². The summed E-state index contributed by atoms with van der Waals surface area (Å²) in [5, 5.41) is 8.63. The number of carbonyl (C=O) groups excluding carboxylic acids is 2. The van der Waals surface area contributed by atoms with Crippen LogP contribution in [0.2, 0.25) is 0 Å². The molecular weight excluding hydrogens is 376 g/mol. The molecule has 10 nitrogen and oxygen atoms in total. The number of nitrogens with zero attached hydrogens (tertiary/aromatic N) is 3. The van der Waals surface area contributed by atoms with E-state index in [1.807, 2.05) is 6.92 Å². The molecule has 0 spiro atoms. The molecule has 0 bridgehead atoms. The molecule has 0 aliphatic carbocycles. The molecule has 0 saturated carbocycles. The maximum absolute atomic E-state index is 12.9. The van der Waals surface area contributed by atoms with E-state index < -0.39 is 5.91 Å². The number of fused-ring (bicyclic) bond motifs is 1. The summed E-state index contributed by atoms with van der Waals surface area (Å²) in [6, 6.07) is 0.191. The van der Waals surface area contributed by atoms with Crippen molar-refractivity contribution in [1.82, 2.24) is 25.6 Å². The Bertz CT molecular complexity index is 886. The van der Waals surface area contributed by atoms with Gasteiger partial charge in [-0.2, -0.15) is 5.10 Å². The number of ether oxygens (including phenoxy) is 2. The van der Waals surface area contributed by atoms with Crippen LogP contribution in [0.4, 0.5) is 5.69 Å². The minimum absolute atomic E-state index is 0.191. The first-order chi connectivity index (χ1) is 14.2. The van der Waals surface area contributed by atoms with E-state index in [0.29, 0.717) is 56.3 Å². The summed E-state index contributed by atoms with van der Waals surface area (Å²) in [6.07, 6.45) is 5.61. The summed E-state index contributed by atoms with van der Waals surface area (Å²) in [4.78, 5) is 29.5. The van der Waals surface area contributed by atoms with Gasteiger partial charge < -0.3 is 14.8 Å². The lowest BCUT2D eigenvalue weighted by Crippen LogP contribution is -2.45. The molecule has 10 heteroatoms.